The molecule has 0 aromatic carbocycles. The van der Waals surface area contributed by atoms with Crippen LogP contribution in [-0.2, 0) is 23.8 Å². The summed E-state index contributed by atoms with van der Waals surface area (Å²) in [6, 6.07) is 0. The maximum Gasteiger partial charge on any atom is 0.337 e. The first-order chi connectivity index (χ1) is 7.65. The Bertz CT molecular complexity index is 257. The van der Waals surface area contributed by atoms with Crippen LogP contribution >= 0.6 is 0 Å². The minimum absolute atomic E-state index is 0.132. The van der Waals surface area contributed by atoms with E-state index < -0.39 is 11.9 Å². The van der Waals surface area contributed by atoms with Gasteiger partial charge in [-0.1, -0.05) is 0 Å². The lowest BCUT2D eigenvalue weighted by molar-refractivity contribution is -0.146. The third-order valence-corrected chi connectivity index (χ3v) is 1.57. The zero-order valence-corrected chi connectivity index (χ0v) is 9.95. The molecule has 0 saturated heterocycles. The molecule has 0 aromatic heterocycles. The summed E-state index contributed by atoms with van der Waals surface area (Å²) < 4.78 is 14.5. The Balaban J connectivity index is 4.42. The molecule has 0 rings (SSSR count). The van der Waals surface area contributed by atoms with E-state index in [-0.39, 0.29) is 25.2 Å². The number of rotatable bonds is 7. The SMILES string of the molecule is CCO/C=C(/CC(=O)OCC)C(=O)OCC. The maximum absolute atomic E-state index is 11.4. The van der Waals surface area contributed by atoms with E-state index in [1.54, 1.807) is 20.8 Å². The Morgan fingerprint density at radius 1 is 1.00 bits per heavy atom. The Morgan fingerprint density at radius 2 is 1.62 bits per heavy atom. The van der Waals surface area contributed by atoms with Crippen LogP contribution < -0.4 is 0 Å². The molecule has 0 bridgehead atoms. The third-order valence-electron chi connectivity index (χ3n) is 1.57. The molecule has 0 heterocycles. The van der Waals surface area contributed by atoms with Crippen LogP contribution in [-0.4, -0.2) is 31.8 Å². The van der Waals surface area contributed by atoms with Gasteiger partial charge < -0.3 is 14.2 Å². The van der Waals surface area contributed by atoms with E-state index in [0.29, 0.717) is 6.61 Å². The van der Waals surface area contributed by atoms with Gasteiger partial charge in [-0.2, -0.15) is 0 Å². The lowest BCUT2D eigenvalue weighted by atomic mass is 10.2. The smallest absolute Gasteiger partial charge is 0.337 e. The number of esters is 2. The van der Waals surface area contributed by atoms with E-state index in [9.17, 15) is 9.59 Å². The minimum atomic E-state index is -0.552. The average Bonchev–Trinajstić information content (AvgIpc) is 2.24. The van der Waals surface area contributed by atoms with Crippen molar-refractivity contribution in [3.05, 3.63) is 11.8 Å². The van der Waals surface area contributed by atoms with Crippen LogP contribution in [0.15, 0.2) is 11.8 Å². The third kappa shape index (κ3) is 6.06. The molecule has 92 valence electrons. The van der Waals surface area contributed by atoms with Crippen molar-refractivity contribution in [3.63, 3.8) is 0 Å². The highest BCUT2D eigenvalue weighted by atomic mass is 16.5. The highest BCUT2D eigenvalue weighted by Crippen LogP contribution is 2.06. The highest BCUT2D eigenvalue weighted by molar-refractivity contribution is 5.93. The van der Waals surface area contributed by atoms with Gasteiger partial charge in [0.1, 0.15) is 0 Å². The number of carbonyl (C=O) groups is 2. The summed E-state index contributed by atoms with van der Waals surface area (Å²) in [7, 11) is 0. The molecule has 0 N–H and O–H groups in total. The summed E-state index contributed by atoms with van der Waals surface area (Å²) >= 11 is 0. The normalized spacial score (nSPS) is 10.8. The molecule has 16 heavy (non-hydrogen) atoms. The number of carbonyl (C=O) groups excluding carboxylic acids is 2. The first kappa shape index (κ1) is 14.5. The molecule has 0 fully saturated rings. The van der Waals surface area contributed by atoms with E-state index in [0.717, 1.165) is 0 Å². The van der Waals surface area contributed by atoms with Crippen molar-refractivity contribution in [2.45, 2.75) is 27.2 Å². The van der Waals surface area contributed by atoms with E-state index in [2.05, 4.69) is 0 Å². The molecule has 0 saturated carbocycles. The molecule has 5 heteroatoms. The van der Waals surface area contributed by atoms with Gasteiger partial charge in [-0.25, -0.2) is 4.79 Å². The largest absolute Gasteiger partial charge is 0.501 e. The summed E-state index contributed by atoms with van der Waals surface area (Å²) in [4.78, 5) is 22.6. The van der Waals surface area contributed by atoms with Gasteiger partial charge in [-0.3, -0.25) is 4.79 Å². The van der Waals surface area contributed by atoms with Gasteiger partial charge in [0, 0.05) is 0 Å². The Morgan fingerprint density at radius 3 is 2.12 bits per heavy atom. The van der Waals surface area contributed by atoms with Crippen molar-refractivity contribution >= 4 is 11.9 Å². The molecule has 0 amide bonds. The fourth-order valence-electron chi connectivity index (χ4n) is 0.937. The number of hydrogen-bond donors (Lipinski definition) is 0. The van der Waals surface area contributed by atoms with Crippen molar-refractivity contribution in [1.82, 2.24) is 0 Å². The fraction of sp³-hybridized carbons (Fsp3) is 0.636. The Hall–Kier alpha value is -1.52. The molecule has 0 spiro atoms. The summed E-state index contributed by atoms with van der Waals surface area (Å²) in [6.07, 6.45) is 1.11. The molecule has 0 atom stereocenters. The topological polar surface area (TPSA) is 61.8 Å². The van der Waals surface area contributed by atoms with Crippen molar-refractivity contribution in [1.29, 1.82) is 0 Å². The highest BCUT2D eigenvalue weighted by Gasteiger charge is 2.16. The van der Waals surface area contributed by atoms with E-state index in [1.807, 2.05) is 0 Å². The van der Waals surface area contributed by atoms with Crippen LogP contribution in [0.4, 0.5) is 0 Å². The zero-order valence-electron chi connectivity index (χ0n) is 9.95. The predicted molar refractivity (Wildman–Crippen MR) is 57.6 cm³/mol. The van der Waals surface area contributed by atoms with Gasteiger partial charge in [0.2, 0.25) is 0 Å². The lowest BCUT2D eigenvalue weighted by Crippen LogP contribution is -2.14. The second-order valence-electron chi connectivity index (χ2n) is 2.80. The molecule has 0 aliphatic rings. The second kappa shape index (κ2) is 8.76. The van der Waals surface area contributed by atoms with Crippen LogP contribution in [0.3, 0.4) is 0 Å². The van der Waals surface area contributed by atoms with Gasteiger partial charge in [0.15, 0.2) is 0 Å². The predicted octanol–water partition coefficient (Wildman–Crippen LogP) is 1.42. The second-order valence-corrected chi connectivity index (χ2v) is 2.80. The van der Waals surface area contributed by atoms with Crippen LogP contribution in [0.25, 0.3) is 0 Å². The zero-order chi connectivity index (χ0) is 12.4. The number of hydrogen-bond acceptors (Lipinski definition) is 5. The van der Waals surface area contributed by atoms with Crippen molar-refractivity contribution in [3.8, 4) is 0 Å². The van der Waals surface area contributed by atoms with Gasteiger partial charge in [0.05, 0.1) is 38.1 Å². The van der Waals surface area contributed by atoms with E-state index in [1.165, 1.54) is 6.26 Å². The van der Waals surface area contributed by atoms with Crippen LogP contribution in [0.5, 0.6) is 0 Å². The summed E-state index contributed by atoms with van der Waals surface area (Å²) in [6.45, 7) is 6.14. The monoisotopic (exact) mass is 230 g/mol. The van der Waals surface area contributed by atoms with Crippen molar-refractivity contribution in [2.24, 2.45) is 0 Å². The van der Waals surface area contributed by atoms with Crippen LogP contribution in [0, 0.1) is 0 Å². The van der Waals surface area contributed by atoms with Gasteiger partial charge >= 0.3 is 11.9 Å². The molecule has 5 nitrogen and oxygen atoms in total. The summed E-state index contributed by atoms with van der Waals surface area (Å²) in [5.41, 5.74) is 0.169. The molecule has 0 aliphatic carbocycles. The van der Waals surface area contributed by atoms with Crippen molar-refractivity contribution in [2.75, 3.05) is 19.8 Å². The first-order valence-corrected chi connectivity index (χ1v) is 5.29. The quantitative estimate of drug-likeness (QED) is 0.376. The first-order valence-electron chi connectivity index (χ1n) is 5.29. The molecule has 0 aromatic rings. The van der Waals surface area contributed by atoms with Gasteiger partial charge in [-0.15, -0.1) is 0 Å². The molecular formula is C11H18O5. The molecule has 0 radical (unpaired) electrons. The molecule has 0 unspecified atom stereocenters. The summed E-state index contributed by atoms with van der Waals surface area (Å²) in [5.74, 6) is -1.02. The minimum Gasteiger partial charge on any atom is -0.501 e. The Kier molecular flexibility index (Phi) is 7.93. The van der Waals surface area contributed by atoms with Crippen LogP contribution in [0.1, 0.15) is 27.2 Å². The lowest BCUT2D eigenvalue weighted by Gasteiger charge is -2.06. The molecule has 0 aliphatic heterocycles. The fourth-order valence-corrected chi connectivity index (χ4v) is 0.937. The number of ether oxygens (including phenoxy) is 3. The average molecular weight is 230 g/mol. The maximum atomic E-state index is 11.4. The summed E-state index contributed by atoms with van der Waals surface area (Å²) in [5, 5.41) is 0. The van der Waals surface area contributed by atoms with E-state index >= 15 is 0 Å². The van der Waals surface area contributed by atoms with Crippen LogP contribution in [0.2, 0.25) is 0 Å². The van der Waals surface area contributed by atoms with Gasteiger partial charge in [-0.05, 0) is 20.8 Å². The van der Waals surface area contributed by atoms with E-state index in [4.69, 9.17) is 14.2 Å². The standard InChI is InChI=1S/C11H18O5/c1-4-14-8-9(11(13)16-6-3)7-10(12)15-5-2/h8H,4-7H2,1-3H3/b9-8-. The molecular weight excluding hydrogens is 212 g/mol. The Labute approximate surface area is 95.4 Å². The van der Waals surface area contributed by atoms with Crippen molar-refractivity contribution < 1.29 is 23.8 Å². The van der Waals surface area contributed by atoms with Gasteiger partial charge in [0.25, 0.3) is 0 Å².